The third-order valence-corrected chi connectivity index (χ3v) is 4.98. The number of carbonyl (C=O) groups is 4. The minimum absolute atomic E-state index is 0.0276. The molecule has 3 aromatic rings. The van der Waals surface area contributed by atoms with Crippen LogP contribution in [0.5, 0.6) is 5.75 Å². The van der Waals surface area contributed by atoms with Gasteiger partial charge in [0.2, 0.25) is 5.78 Å². The summed E-state index contributed by atoms with van der Waals surface area (Å²) in [6.07, 6.45) is 0. The molecule has 0 aliphatic carbocycles. The second kappa shape index (κ2) is 11.4. The van der Waals surface area contributed by atoms with E-state index >= 15 is 0 Å². The first-order valence-electron chi connectivity index (χ1n) is 10.4. The molecule has 0 spiro atoms. The van der Waals surface area contributed by atoms with Crippen molar-refractivity contribution in [2.45, 2.75) is 5.92 Å². The van der Waals surface area contributed by atoms with Crippen LogP contribution in [0.15, 0.2) is 52.4 Å². The molecule has 3 amide bonds. The number of ketones is 1. The molecule has 1 heterocycles. The topological polar surface area (TPSA) is 238 Å². The number of hydrogen-bond donors (Lipinski definition) is 4. The lowest BCUT2D eigenvalue weighted by atomic mass is 9.93. The van der Waals surface area contributed by atoms with Crippen molar-refractivity contribution in [1.82, 2.24) is 15.4 Å². The highest BCUT2D eigenvalue weighted by Gasteiger charge is 2.39. The Morgan fingerprint density at radius 3 is 2.50 bits per heavy atom. The average molecular weight is 525 g/mol. The molecule has 196 valence electrons. The number of aromatic amines is 1. The van der Waals surface area contributed by atoms with Gasteiger partial charge in [-0.25, -0.2) is 20.0 Å². The van der Waals surface area contributed by atoms with E-state index < -0.39 is 51.5 Å². The number of nitrogens with zero attached hydrogens (tertiary/aromatic N) is 3. The number of rotatable bonds is 9. The van der Waals surface area contributed by atoms with Crippen LogP contribution in [0, 0.1) is 10.1 Å². The molecule has 0 fully saturated rings. The summed E-state index contributed by atoms with van der Waals surface area (Å²) in [5.41, 5.74) is 3.73. The normalized spacial score (nSPS) is 11.8. The fourth-order valence-corrected chi connectivity index (χ4v) is 3.29. The van der Waals surface area contributed by atoms with Crippen molar-refractivity contribution in [2.24, 2.45) is 10.8 Å². The summed E-state index contributed by atoms with van der Waals surface area (Å²) in [7, 11) is 2.26. The number of aromatic nitrogens is 2. The van der Waals surface area contributed by atoms with Crippen LogP contribution in [0.1, 0.15) is 11.6 Å². The van der Waals surface area contributed by atoms with Crippen molar-refractivity contribution in [3.05, 3.63) is 68.6 Å². The van der Waals surface area contributed by atoms with Gasteiger partial charge in [-0.2, -0.15) is 5.10 Å². The molecule has 0 aliphatic heterocycles. The highest BCUT2D eigenvalue weighted by molar-refractivity contribution is 6.53. The lowest BCUT2D eigenvalue weighted by Crippen LogP contribution is -2.41. The Hall–Kier alpha value is -5.67. The zero-order valence-electron chi connectivity index (χ0n) is 19.7. The summed E-state index contributed by atoms with van der Waals surface area (Å²) in [6, 6.07) is 8.16. The number of esters is 1. The quantitative estimate of drug-likeness (QED) is 0.0981. The summed E-state index contributed by atoms with van der Waals surface area (Å²) in [6.45, 7) is 0. The van der Waals surface area contributed by atoms with Crippen LogP contribution in [0.4, 0.5) is 16.2 Å². The first-order chi connectivity index (χ1) is 18.1. The number of hydrazone groups is 1. The molecule has 0 bridgehead atoms. The summed E-state index contributed by atoms with van der Waals surface area (Å²) in [4.78, 5) is 80.0. The molecule has 38 heavy (non-hydrogen) atoms. The molecule has 1 aromatic heterocycles. The summed E-state index contributed by atoms with van der Waals surface area (Å²) in [5, 5.41) is 16.9. The number of fused-ring (bicyclic) bond motifs is 1. The van der Waals surface area contributed by atoms with Gasteiger partial charge in [0, 0.05) is 12.1 Å². The zero-order chi connectivity index (χ0) is 28.0. The van der Waals surface area contributed by atoms with Gasteiger partial charge in [0.15, 0.2) is 5.71 Å². The van der Waals surface area contributed by atoms with Gasteiger partial charge < -0.3 is 25.5 Å². The van der Waals surface area contributed by atoms with Gasteiger partial charge in [-0.05, 0) is 18.2 Å². The Morgan fingerprint density at radius 1 is 1.16 bits per heavy atom. The summed E-state index contributed by atoms with van der Waals surface area (Å²) in [5.74, 6) is -5.91. The van der Waals surface area contributed by atoms with E-state index in [1.165, 1.54) is 25.3 Å². The number of urea groups is 1. The number of H-pyrrole nitrogens is 1. The maximum absolute atomic E-state index is 13.4. The minimum Gasteiger partial charge on any atom is -0.495 e. The number of anilines is 1. The molecule has 16 nitrogen and oxygen atoms in total. The van der Waals surface area contributed by atoms with Crippen LogP contribution in [-0.2, 0) is 19.1 Å². The number of nitrogens with one attached hydrogen (secondary N) is 3. The molecule has 2 aromatic carbocycles. The third kappa shape index (κ3) is 5.76. The number of Topliss-reactive ketones (excluding diaryl/α,β-unsaturated/α-hetero) is 1. The number of methoxy groups -OCH3 is 2. The van der Waals surface area contributed by atoms with Crippen molar-refractivity contribution in [3.8, 4) is 5.75 Å². The van der Waals surface area contributed by atoms with Gasteiger partial charge >= 0.3 is 12.0 Å². The Bertz CT molecular complexity index is 1550. The minimum atomic E-state index is -2.10. The second-order valence-corrected chi connectivity index (χ2v) is 7.33. The van der Waals surface area contributed by atoms with Gasteiger partial charge in [0.05, 0.1) is 35.9 Å². The van der Waals surface area contributed by atoms with Crippen LogP contribution >= 0.6 is 0 Å². The number of nitro groups is 1. The Morgan fingerprint density at radius 2 is 1.87 bits per heavy atom. The van der Waals surface area contributed by atoms with E-state index in [0.29, 0.717) is 0 Å². The van der Waals surface area contributed by atoms with Crippen molar-refractivity contribution in [1.29, 1.82) is 0 Å². The number of benzene rings is 2. The SMILES string of the molecule is COC(=O)C(=NNC(N)=O)C(C(=O)C(=O)Nc1ccccc1OC)c1nc2ccc([N+](=O)[O-])cc2[nH]c1=O. The molecule has 16 heteroatoms. The number of non-ortho nitro benzene ring substituents is 1. The highest BCUT2D eigenvalue weighted by Crippen LogP contribution is 2.25. The van der Waals surface area contributed by atoms with Gasteiger partial charge in [-0.3, -0.25) is 24.5 Å². The van der Waals surface area contributed by atoms with Gasteiger partial charge in [-0.1, -0.05) is 12.1 Å². The standard InChI is InChI=1S/C22H19N7O9/c1-37-14-6-4-3-5-12(14)25-20(32)18(30)15(17(21(33)38-2)27-28-22(23)34)16-19(31)26-13-9-10(29(35)36)7-8-11(13)24-16/h3-9,15H,1-2H3,(H,25,32)(H,26,31)(H3,23,28,34). The van der Waals surface area contributed by atoms with E-state index in [4.69, 9.17) is 10.5 Å². The Balaban J connectivity index is 2.19. The predicted molar refractivity (Wildman–Crippen MR) is 131 cm³/mol. The number of nitrogens with two attached hydrogens (primary N) is 1. The average Bonchev–Trinajstić information content (AvgIpc) is 2.89. The van der Waals surface area contributed by atoms with E-state index in [9.17, 15) is 34.1 Å². The second-order valence-electron chi connectivity index (χ2n) is 7.33. The monoisotopic (exact) mass is 525 g/mol. The lowest BCUT2D eigenvalue weighted by molar-refractivity contribution is -0.384. The maximum atomic E-state index is 13.4. The number of ether oxygens (including phenoxy) is 2. The Kier molecular flexibility index (Phi) is 8.06. The van der Waals surface area contributed by atoms with Crippen molar-refractivity contribution >= 4 is 51.8 Å². The van der Waals surface area contributed by atoms with Crippen LogP contribution in [-0.4, -0.2) is 58.5 Å². The molecular formula is C22H19N7O9. The number of primary amides is 1. The molecule has 0 radical (unpaired) electrons. The fraction of sp³-hybridized carbons (Fsp3) is 0.136. The van der Waals surface area contributed by atoms with E-state index in [2.05, 4.69) is 25.1 Å². The van der Waals surface area contributed by atoms with Gasteiger partial charge in [0.1, 0.15) is 17.4 Å². The number of amides is 3. The zero-order valence-corrected chi connectivity index (χ0v) is 19.7. The number of carbonyl (C=O) groups excluding carboxylic acids is 4. The van der Waals surface area contributed by atoms with Crippen LogP contribution < -0.4 is 26.8 Å². The number of hydrogen-bond acceptors (Lipinski definition) is 11. The molecule has 0 aliphatic rings. The highest BCUT2D eigenvalue weighted by atomic mass is 16.6. The van der Waals surface area contributed by atoms with E-state index in [1.807, 2.05) is 0 Å². The van der Waals surface area contributed by atoms with Crippen LogP contribution in [0.2, 0.25) is 0 Å². The van der Waals surface area contributed by atoms with Gasteiger partial charge in [-0.15, -0.1) is 0 Å². The van der Waals surface area contributed by atoms with Crippen molar-refractivity contribution in [2.75, 3.05) is 19.5 Å². The summed E-state index contributed by atoms with van der Waals surface area (Å²) >= 11 is 0. The predicted octanol–water partition coefficient (Wildman–Crippen LogP) is 0.329. The van der Waals surface area contributed by atoms with Crippen molar-refractivity contribution < 1.29 is 33.6 Å². The molecule has 1 unspecified atom stereocenters. The van der Waals surface area contributed by atoms with E-state index in [-0.39, 0.29) is 28.2 Å². The lowest BCUT2D eigenvalue weighted by Gasteiger charge is -2.16. The number of nitro benzene ring substituents is 1. The first-order valence-corrected chi connectivity index (χ1v) is 10.4. The maximum Gasteiger partial charge on any atom is 0.355 e. The van der Waals surface area contributed by atoms with Crippen LogP contribution in [0.3, 0.4) is 0 Å². The fourth-order valence-electron chi connectivity index (χ4n) is 3.29. The van der Waals surface area contributed by atoms with Gasteiger partial charge in [0.25, 0.3) is 17.2 Å². The molecule has 5 N–H and O–H groups in total. The third-order valence-electron chi connectivity index (χ3n) is 4.98. The van der Waals surface area contributed by atoms with E-state index in [1.54, 1.807) is 17.6 Å². The Labute approximate surface area is 212 Å². The largest absolute Gasteiger partial charge is 0.495 e. The molecule has 1 atom stereocenters. The smallest absolute Gasteiger partial charge is 0.355 e. The molecule has 0 saturated carbocycles. The molecular weight excluding hydrogens is 506 g/mol. The first kappa shape index (κ1) is 26.9. The molecule has 0 saturated heterocycles. The number of para-hydroxylation sites is 2. The van der Waals surface area contributed by atoms with Crippen molar-refractivity contribution in [3.63, 3.8) is 0 Å². The van der Waals surface area contributed by atoms with Crippen LogP contribution in [0.25, 0.3) is 11.0 Å². The summed E-state index contributed by atoms with van der Waals surface area (Å²) < 4.78 is 9.75. The molecule has 3 rings (SSSR count). The van der Waals surface area contributed by atoms with E-state index in [0.717, 1.165) is 19.2 Å².